The second kappa shape index (κ2) is 23.4. The highest BCUT2D eigenvalue weighted by atomic mass is 16.6. The number of benzene rings is 4. The molecule has 0 aliphatic carbocycles. The van der Waals surface area contributed by atoms with Crippen molar-refractivity contribution in [2.45, 2.75) is 129 Å². The topological polar surface area (TPSA) is 180 Å². The first-order valence-electron chi connectivity index (χ1n) is 21.4. The van der Waals surface area contributed by atoms with Crippen molar-refractivity contribution in [1.29, 1.82) is 0 Å². The van der Waals surface area contributed by atoms with E-state index in [0.717, 1.165) is 23.3 Å². The van der Waals surface area contributed by atoms with Crippen molar-refractivity contribution in [1.82, 2.24) is 9.80 Å². The molecule has 12 heteroatoms. The first-order chi connectivity index (χ1) is 29.5. The zero-order chi connectivity index (χ0) is 45.7. The maximum atomic E-state index is 13.8. The van der Waals surface area contributed by atoms with Gasteiger partial charge < -0.3 is 40.1 Å². The molecular weight excluding hydrogens is 789 g/mol. The Morgan fingerprint density at radius 2 is 0.839 bits per heavy atom. The molecule has 0 saturated carbocycles. The average Bonchev–Trinajstić information content (AvgIpc) is 3.24. The van der Waals surface area contributed by atoms with Gasteiger partial charge in [-0.2, -0.15) is 0 Å². The SMILES string of the molecule is CC(C)N(C(C)C)C(C[C@H](c1ccccc1)c1cc(C(O)CO)ccc1O)OC(=O)/C=C/C(=O)OC(C[C@H](c1ccccc1)c1cc(C(O)CO)ccc1O)N(C(C)C)C(C)C. The minimum atomic E-state index is -1.16. The fourth-order valence-electron chi connectivity index (χ4n) is 8.46. The lowest BCUT2D eigenvalue weighted by atomic mass is 9.85. The second-order valence-corrected chi connectivity index (χ2v) is 16.8. The number of carbonyl (C=O) groups excluding carboxylic acids is 2. The summed E-state index contributed by atoms with van der Waals surface area (Å²) in [7, 11) is 0. The number of ether oxygens (including phenoxy) is 2. The van der Waals surface area contributed by atoms with Gasteiger partial charge in [0.25, 0.3) is 0 Å². The molecule has 0 aliphatic heterocycles. The van der Waals surface area contributed by atoms with Gasteiger partial charge in [-0.25, -0.2) is 9.59 Å². The molecule has 4 aromatic carbocycles. The van der Waals surface area contributed by atoms with E-state index in [1.54, 1.807) is 24.3 Å². The molecule has 0 aromatic heterocycles. The number of aliphatic hydroxyl groups is 4. The highest BCUT2D eigenvalue weighted by Crippen LogP contribution is 2.40. The predicted octanol–water partition coefficient (Wildman–Crippen LogP) is 7.43. The van der Waals surface area contributed by atoms with Crippen molar-refractivity contribution in [3.05, 3.63) is 143 Å². The van der Waals surface area contributed by atoms with Crippen molar-refractivity contribution in [2.24, 2.45) is 0 Å². The Hall–Kier alpha value is -5.08. The fourth-order valence-corrected chi connectivity index (χ4v) is 8.46. The number of phenols is 2. The van der Waals surface area contributed by atoms with Crippen LogP contribution in [0.2, 0.25) is 0 Å². The van der Waals surface area contributed by atoms with Gasteiger partial charge >= 0.3 is 11.9 Å². The number of aromatic hydroxyl groups is 2. The Balaban J connectivity index is 1.68. The third-order valence-corrected chi connectivity index (χ3v) is 11.2. The van der Waals surface area contributed by atoms with E-state index in [-0.39, 0.29) is 48.5 Å². The van der Waals surface area contributed by atoms with E-state index < -0.39 is 61.7 Å². The summed E-state index contributed by atoms with van der Waals surface area (Å²) in [5.74, 6) is -2.65. The summed E-state index contributed by atoms with van der Waals surface area (Å²) in [5, 5.41) is 62.7. The number of rotatable bonds is 22. The third kappa shape index (κ3) is 13.2. The van der Waals surface area contributed by atoms with Gasteiger partial charge in [-0.3, -0.25) is 9.80 Å². The average molecular weight is 855 g/mol. The summed E-state index contributed by atoms with van der Waals surface area (Å²) in [4.78, 5) is 31.7. The number of nitrogens with zero attached hydrogens (tertiary/aromatic N) is 2. The predicted molar refractivity (Wildman–Crippen MR) is 239 cm³/mol. The van der Waals surface area contributed by atoms with Crippen molar-refractivity contribution in [3.8, 4) is 11.5 Å². The van der Waals surface area contributed by atoms with Gasteiger partial charge in [0.1, 0.15) is 23.7 Å². The lowest BCUT2D eigenvalue weighted by Gasteiger charge is -2.39. The molecule has 12 nitrogen and oxygen atoms in total. The first-order valence-corrected chi connectivity index (χ1v) is 21.4. The van der Waals surface area contributed by atoms with E-state index in [9.17, 15) is 40.2 Å². The lowest BCUT2D eigenvalue weighted by Crippen LogP contribution is -2.48. The van der Waals surface area contributed by atoms with Gasteiger partial charge in [-0.15, -0.1) is 0 Å². The Bertz CT molecular complexity index is 1880. The molecule has 0 amide bonds. The van der Waals surface area contributed by atoms with Crippen LogP contribution in [0.4, 0.5) is 0 Å². The van der Waals surface area contributed by atoms with Crippen LogP contribution in [0.15, 0.2) is 109 Å². The number of carbonyl (C=O) groups is 2. The van der Waals surface area contributed by atoms with E-state index in [4.69, 9.17) is 9.47 Å². The summed E-state index contributed by atoms with van der Waals surface area (Å²) in [6.07, 6.45) is -1.52. The number of hydrogen-bond acceptors (Lipinski definition) is 12. The molecule has 62 heavy (non-hydrogen) atoms. The smallest absolute Gasteiger partial charge is 0.332 e. The van der Waals surface area contributed by atoms with E-state index in [0.29, 0.717) is 22.3 Å². The molecule has 6 N–H and O–H groups in total. The molecule has 0 spiro atoms. The highest BCUT2D eigenvalue weighted by Gasteiger charge is 2.34. The maximum Gasteiger partial charge on any atom is 0.332 e. The molecule has 336 valence electrons. The van der Waals surface area contributed by atoms with Crippen molar-refractivity contribution in [2.75, 3.05) is 13.2 Å². The minimum Gasteiger partial charge on any atom is -0.508 e. The first kappa shape index (κ1) is 49.6. The van der Waals surface area contributed by atoms with Gasteiger partial charge in [0.2, 0.25) is 0 Å². The Morgan fingerprint density at radius 1 is 0.516 bits per heavy atom. The summed E-state index contributed by atoms with van der Waals surface area (Å²) in [5.41, 5.74) is 3.48. The van der Waals surface area contributed by atoms with Gasteiger partial charge in [0, 0.05) is 72.1 Å². The molecular formula is C50H66N2O10. The van der Waals surface area contributed by atoms with E-state index in [1.165, 1.54) is 12.1 Å². The van der Waals surface area contributed by atoms with Gasteiger partial charge in [0.05, 0.1) is 13.2 Å². The lowest BCUT2D eigenvalue weighted by molar-refractivity contribution is -0.161. The summed E-state index contributed by atoms with van der Waals surface area (Å²) in [6.45, 7) is 14.9. The Labute approximate surface area is 366 Å². The monoisotopic (exact) mass is 854 g/mol. The van der Waals surface area contributed by atoms with Gasteiger partial charge in [-0.05, 0) is 102 Å². The maximum absolute atomic E-state index is 13.8. The van der Waals surface area contributed by atoms with Crippen LogP contribution in [0, 0.1) is 0 Å². The summed E-state index contributed by atoms with van der Waals surface area (Å²) >= 11 is 0. The Kier molecular flexibility index (Phi) is 18.7. The van der Waals surface area contributed by atoms with E-state index >= 15 is 0 Å². The van der Waals surface area contributed by atoms with Crippen LogP contribution in [0.25, 0.3) is 0 Å². The zero-order valence-electron chi connectivity index (χ0n) is 37.2. The van der Waals surface area contributed by atoms with Crippen LogP contribution < -0.4 is 0 Å². The van der Waals surface area contributed by atoms with Crippen LogP contribution in [0.5, 0.6) is 11.5 Å². The van der Waals surface area contributed by atoms with E-state index in [1.807, 2.05) is 126 Å². The molecule has 0 heterocycles. The number of phenolic OH excluding ortho intramolecular Hbond substituents is 2. The van der Waals surface area contributed by atoms with Crippen molar-refractivity contribution >= 4 is 11.9 Å². The molecule has 4 rings (SSSR count). The molecule has 0 fully saturated rings. The normalized spacial score (nSPS) is 15.1. The van der Waals surface area contributed by atoms with Crippen LogP contribution in [0.1, 0.15) is 126 Å². The van der Waals surface area contributed by atoms with Gasteiger partial charge in [0.15, 0.2) is 12.5 Å². The number of esters is 2. The molecule has 0 saturated heterocycles. The summed E-state index contributed by atoms with van der Waals surface area (Å²) in [6, 6.07) is 27.9. The standard InChI is InChI=1S/C50H66N2O10/c1-31(2)51(32(3)4)47(27-39(35-15-11-9-12-16-35)41-25-37(45(57)29-53)19-21-43(41)55)61-49(59)23-24-50(60)62-48(52(33(5)6)34(7)8)28-40(36-17-13-10-14-18-36)42-26-38(46(58)30-54)20-22-44(42)56/h9-26,31-34,39-40,45-48,53-58H,27-30H2,1-8H3/b24-23+/t39-,40-,45?,46?,47?,48?/m1/s1. The molecule has 0 aliphatic rings. The van der Waals surface area contributed by atoms with Crippen LogP contribution in [-0.2, 0) is 19.1 Å². The van der Waals surface area contributed by atoms with Crippen molar-refractivity contribution < 1.29 is 49.7 Å². The van der Waals surface area contributed by atoms with Crippen LogP contribution >= 0.6 is 0 Å². The quantitative estimate of drug-likeness (QED) is 0.0262. The highest BCUT2D eigenvalue weighted by molar-refractivity contribution is 5.91. The number of hydrogen-bond donors (Lipinski definition) is 6. The molecule has 4 aromatic rings. The third-order valence-electron chi connectivity index (χ3n) is 11.2. The zero-order valence-corrected chi connectivity index (χ0v) is 37.2. The van der Waals surface area contributed by atoms with E-state index in [2.05, 4.69) is 0 Å². The van der Waals surface area contributed by atoms with Crippen molar-refractivity contribution in [3.63, 3.8) is 0 Å². The van der Waals surface area contributed by atoms with Crippen LogP contribution in [0.3, 0.4) is 0 Å². The molecule has 6 atom stereocenters. The largest absolute Gasteiger partial charge is 0.508 e. The minimum absolute atomic E-state index is 0.0207. The fraction of sp³-hybridized carbons (Fsp3) is 0.440. The molecule has 0 bridgehead atoms. The Morgan fingerprint density at radius 3 is 1.13 bits per heavy atom. The summed E-state index contributed by atoms with van der Waals surface area (Å²) < 4.78 is 12.4. The molecule has 4 unspecified atom stereocenters. The second-order valence-electron chi connectivity index (χ2n) is 16.8. The number of aliphatic hydroxyl groups excluding tert-OH is 4. The van der Waals surface area contributed by atoms with Crippen LogP contribution in [-0.4, -0.2) is 102 Å². The molecule has 0 radical (unpaired) electrons. The van der Waals surface area contributed by atoms with Gasteiger partial charge in [-0.1, -0.05) is 72.8 Å².